The number of nitrogens with two attached hydrogens (primary N) is 1. The molecular weight excluding hydrogens is 329 g/mol. The van der Waals surface area contributed by atoms with Crippen molar-refractivity contribution in [3.8, 4) is 0 Å². The predicted molar refractivity (Wildman–Crippen MR) is 84.6 cm³/mol. The van der Waals surface area contributed by atoms with Crippen molar-refractivity contribution in [1.29, 1.82) is 0 Å². The van der Waals surface area contributed by atoms with Gasteiger partial charge in [-0.3, -0.25) is 9.59 Å². The first kappa shape index (κ1) is 18.7. The maximum Gasteiger partial charge on any atom is 0.323 e. The second kappa shape index (κ2) is 9.61. The van der Waals surface area contributed by atoms with E-state index in [0.29, 0.717) is 18.5 Å². The number of esters is 1. The van der Waals surface area contributed by atoms with Crippen molar-refractivity contribution < 1.29 is 14.3 Å². The van der Waals surface area contributed by atoms with Crippen molar-refractivity contribution in [2.24, 2.45) is 5.73 Å². The molecule has 1 atom stereocenters. The molecule has 0 aliphatic heterocycles. The van der Waals surface area contributed by atoms with Gasteiger partial charge in [0.1, 0.15) is 23.0 Å². The highest BCUT2D eigenvalue weighted by molar-refractivity contribution is 6.32. The molecule has 122 valence electrons. The van der Waals surface area contributed by atoms with E-state index in [4.69, 9.17) is 33.7 Å². The molecule has 0 fully saturated rings. The van der Waals surface area contributed by atoms with Crippen LogP contribution < -0.4 is 11.1 Å². The van der Waals surface area contributed by atoms with E-state index < -0.39 is 12.0 Å². The molecule has 0 aliphatic rings. The molecule has 1 rings (SSSR count). The SMILES string of the molecule is CC(=O)NCCCC[C@H](N)C(=O)OCc1cc(Cl)nc(Cl)c1. The molecule has 0 aliphatic carbocycles. The van der Waals surface area contributed by atoms with Gasteiger partial charge >= 0.3 is 5.97 Å². The average Bonchev–Trinajstić information content (AvgIpc) is 2.42. The third kappa shape index (κ3) is 7.59. The Labute approximate surface area is 139 Å². The fourth-order valence-corrected chi connectivity index (χ4v) is 2.24. The smallest absolute Gasteiger partial charge is 0.323 e. The minimum Gasteiger partial charge on any atom is -0.460 e. The van der Waals surface area contributed by atoms with Gasteiger partial charge < -0.3 is 15.8 Å². The van der Waals surface area contributed by atoms with Crippen molar-refractivity contribution in [2.75, 3.05) is 6.54 Å². The van der Waals surface area contributed by atoms with Crippen LogP contribution in [0.5, 0.6) is 0 Å². The van der Waals surface area contributed by atoms with E-state index in [-0.39, 0.29) is 22.8 Å². The standard InChI is InChI=1S/C14H19Cl2N3O3/c1-9(20)18-5-3-2-4-11(17)14(21)22-8-10-6-12(15)19-13(16)7-10/h6-7,11H,2-5,8,17H2,1H3,(H,18,20)/t11-/m0/s1. The number of nitrogens with zero attached hydrogens (tertiary/aromatic N) is 1. The van der Waals surface area contributed by atoms with Crippen LogP contribution >= 0.6 is 23.2 Å². The molecule has 0 bridgehead atoms. The number of carbonyl (C=O) groups excluding carboxylic acids is 2. The first-order chi connectivity index (χ1) is 10.4. The number of carbonyl (C=O) groups is 2. The summed E-state index contributed by atoms with van der Waals surface area (Å²) in [6.45, 7) is 2.08. The van der Waals surface area contributed by atoms with Crippen LogP contribution in [0, 0.1) is 0 Å². The maximum atomic E-state index is 11.8. The van der Waals surface area contributed by atoms with Crippen LogP contribution in [0.15, 0.2) is 12.1 Å². The summed E-state index contributed by atoms with van der Waals surface area (Å²) < 4.78 is 5.12. The van der Waals surface area contributed by atoms with Crippen LogP contribution in [-0.4, -0.2) is 29.4 Å². The fraction of sp³-hybridized carbons (Fsp3) is 0.500. The highest BCUT2D eigenvalue weighted by Gasteiger charge is 2.15. The van der Waals surface area contributed by atoms with Gasteiger partial charge in [0.25, 0.3) is 0 Å². The second-order valence-electron chi connectivity index (χ2n) is 4.81. The number of halogens is 2. The zero-order chi connectivity index (χ0) is 16.5. The number of rotatable bonds is 8. The molecule has 1 aromatic rings. The zero-order valence-corrected chi connectivity index (χ0v) is 13.8. The van der Waals surface area contributed by atoms with Gasteiger partial charge in [-0.05, 0) is 37.0 Å². The Kier molecular flexibility index (Phi) is 8.16. The summed E-state index contributed by atoms with van der Waals surface area (Å²) in [5, 5.41) is 3.15. The van der Waals surface area contributed by atoms with E-state index in [1.807, 2.05) is 0 Å². The number of hydrogen-bond donors (Lipinski definition) is 2. The maximum absolute atomic E-state index is 11.8. The molecule has 1 aromatic heterocycles. The lowest BCUT2D eigenvalue weighted by molar-refractivity contribution is -0.146. The number of nitrogens with one attached hydrogen (secondary N) is 1. The van der Waals surface area contributed by atoms with E-state index in [1.54, 1.807) is 12.1 Å². The van der Waals surface area contributed by atoms with E-state index >= 15 is 0 Å². The normalized spacial score (nSPS) is 11.8. The number of pyridine rings is 1. The third-order valence-corrected chi connectivity index (χ3v) is 3.21. The topological polar surface area (TPSA) is 94.3 Å². The summed E-state index contributed by atoms with van der Waals surface area (Å²) in [5.41, 5.74) is 6.41. The van der Waals surface area contributed by atoms with Gasteiger partial charge in [-0.1, -0.05) is 23.2 Å². The molecule has 1 amide bonds. The first-order valence-electron chi connectivity index (χ1n) is 6.87. The number of aromatic nitrogens is 1. The van der Waals surface area contributed by atoms with E-state index in [1.165, 1.54) is 6.92 Å². The highest BCUT2D eigenvalue weighted by atomic mass is 35.5. The van der Waals surface area contributed by atoms with Gasteiger partial charge in [-0.15, -0.1) is 0 Å². The quantitative estimate of drug-likeness (QED) is 0.426. The molecular formula is C14H19Cl2N3O3. The molecule has 6 nitrogen and oxygen atoms in total. The molecule has 1 heterocycles. The van der Waals surface area contributed by atoms with Crippen LogP contribution in [0.1, 0.15) is 31.7 Å². The van der Waals surface area contributed by atoms with Crippen molar-refractivity contribution in [3.05, 3.63) is 28.0 Å². The Morgan fingerprint density at radius 2 is 1.95 bits per heavy atom. The Morgan fingerprint density at radius 3 is 2.55 bits per heavy atom. The minimum absolute atomic E-state index is 0.0420. The van der Waals surface area contributed by atoms with Gasteiger partial charge in [-0.2, -0.15) is 0 Å². The molecule has 3 N–H and O–H groups in total. The van der Waals surface area contributed by atoms with Crippen LogP contribution in [0.2, 0.25) is 10.3 Å². The van der Waals surface area contributed by atoms with Gasteiger partial charge in [-0.25, -0.2) is 4.98 Å². The number of unbranched alkanes of at least 4 members (excludes halogenated alkanes) is 1. The molecule has 8 heteroatoms. The molecule has 0 spiro atoms. The van der Waals surface area contributed by atoms with Crippen molar-refractivity contribution >= 4 is 35.1 Å². The van der Waals surface area contributed by atoms with Crippen LogP contribution in [0.4, 0.5) is 0 Å². The molecule has 0 saturated carbocycles. The molecule has 0 aromatic carbocycles. The van der Waals surface area contributed by atoms with Crippen molar-refractivity contribution in [2.45, 2.75) is 38.8 Å². The second-order valence-corrected chi connectivity index (χ2v) is 5.59. The highest BCUT2D eigenvalue weighted by Crippen LogP contribution is 2.15. The lowest BCUT2D eigenvalue weighted by atomic mass is 10.1. The predicted octanol–water partition coefficient (Wildman–Crippen LogP) is 2.07. The van der Waals surface area contributed by atoms with Gasteiger partial charge in [0.2, 0.25) is 5.91 Å². The van der Waals surface area contributed by atoms with Gasteiger partial charge in [0, 0.05) is 13.5 Å². The van der Waals surface area contributed by atoms with Crippen LogP contribution in [0.25, 0.3) is 0 Å². The lowest BCUT2D eigenvalue weighted by Crippen LogP contribution is -2.32. The lowest BCUT2D eigenvalue weighted by Gasteiger charge is -2.11. The summed E-state index contributed by atoms with van der Waals surface area (Å²) >= 11 is 11.5. The summed E-state index contributed by atoms with van der Waals surface area (Å²) in [6.07, 6.45) is 1.98. The van der Waals surface area contributed by atoms with Crippen molar-refractivity contribution in [1.82, 2.24) is 10.3 Å². The largest absolute Gasteiger partial charge is 0.460 e. The average molecular weight is 348 g/mol. The zero-order valence-electron chi connectivity index (χ0n) is 12.3. The third-order valence-electron chi connectivity index (χ3n) is 2.82. The number of hydrogen-bond acceptors (Lipinski definition) is 5. The summed E-state index contributed by atoms with van der Waals surface area (Å²) in [6, 6.07) is 2.45. The van der Waals surface area contributed by atoms with E-state index in [0.717, 1.165) is 12.8 Å². The van der Waals surface area contributed by atoms with Gasteiger partial charge in [0.05, 0.1) is 0 Å². The Bertz CT molecular complexity index is 506. The summed E-state index contributed by atoms with van der Waals surface area (Å²) in [4.78, 5) is 26.2. The summed E-state index contributed by atoms with van der Waals surface area (Å²) in [5.74, 6) is -0.554. The fourth-order valence-electron chi connectivity index (χ4n) is 1.73. The monoisotopic (exact) mass is 347 g/mol. The Balaban J connectivity index is 2.27. The first-order valence-corrected chi connectivity index (χ1v) is 7.62. The molecule has 22 heavy (non-hydrogen) atoms. The van der Waals surface area contributed by atoms with Crippen LogP contribution in [0.3, 0.4) is 0 Å². The Hall–Kier alpha value is -1.37. The van der Waals surface area contributed by atoms with Crippen LogP contribution in [-0.2, 0) is 20.9 Å². The molecule has 0 saturated heterocycles. The number of ether oxygens (including phenoxy) is 1. The Morgan fingerprint density at radius 1 is 1.32 bits per heavy atom. The van der Waals surface area contributed by atoms with E-state index in [9.17, 15) is 9.59 Å². The van der Waals surface area contributed by atoms with Crippen molar-refractivity contribution in [3.63, 3.8) is 0 Å². The minimum atomic E-state index is -0.690. The summed E-state index contributed by atoms with van der Waals surface area (Å²) in [7, 11) is 0. The number of amides is 1. The van der Waals surface area contributed by atoms with Gasteiger partial charge in [0.15, 0.2) is 0 Å². The van der Waals surface area contributed by atoms with E-state index in [2.05, 4.69) is 10.3 Å². The molecule has 0 unspecified atom stereocenters. The molecule has 0 radical (unpaired) electrons.